The van der Waals surface area contributed by atoms with E-state index < -0.39 is 9.49 Å². The fourth-order valence-corrected chi connectivity index (χ4v) is 9.94. The first-order valence-electron chi connectivity index (χ1n) is 14.6. The van der Waals surface area contributed by atoms with Gasteiger partial charge in [0.15, 0.2) is 11.6 Å². The van der Waals surface area contributed by atoms with E-state index in [4.69, 9.17) is 0 Å². The van der Waals surface area contributed by atoms with Gasteiger partial charge in [0.25, 0.3) is 0 Å². The second kappa shape index (κ2) is 10.3. The number of nitrogens with zero attached hydrogens (tertiary/aromatic N) is 1. The predicted octanol–water partition coefficient (Wildman–Crippen LogP) is 8.67. The smallest absolute Gasteiger partial charge is 0.185 e. The van der Waals surface area contributed by atoms with Gasteiger partial charge < -0.3 is 4.90 Å². The Balaban J connectivity index is 2.46. The molecule has 39 heavy (non-hydrogen) atoms. The molecule has 1 saturated heterocycles. The lowest BCUT2D eigenvalue weighted by molar-refractivity contribution is -0.115. The Morgan fingerprint density at radius 2 is 0.846 bits per heavy atom. The maximum absolute atomic E-state index is 14.0. The monoisotopic (exact) mass is 571 g/mol. The van der Waals surface area contributed by atoms with Crippen molar-refractivity contribution in [1.29, 1.82) is 0 Å². The van der Waals surface area contributed by atoms with Crippen molar-refractivity contribution in [2.24, 2.45) is 21.7 Å². The van der Waals surface area contributed by atoms with Gasteiger partial charge in [-0.25, -0.2) is 0 Å². The first kappa shape index (κ1) is 32.5. The largest absolute Gasteiger partial charge is 0.302 e. The standard InChI is InChI=1S/C34H53NO2S2/c1-15-35(16-2)21-26-38-33(17-22(29(3,4)5)27(36)23(18-33)30(6,7)8)34(39-26)19-24(31(9,10)11)28(37)25(20-34)32(12,13)14/h17-20,26H,15-16,21H2,1-14H3. The van der Waals surface area contributed by atoms with Gasteiger partial charge in [-0.05, 0) is 34.7 Å². The third-order valence-corrected chi connectivity index (χ3v) is 11.7. The van der Waals surface area contributed by atoms with E-state index in [0.29, 0.717) is 0 Å². The summed E-state index contributed by atoms with van der Waals surface area (Å²) in [5.74, 6) is 0.334. The maximum Gasteiger partial charge on any atom is 0.185 e. The number of fused-ring (bicyclic) bond motifs is 1. The van der Waals surface area contributed by atoms with Crippen LogP contribution in [0.3, 0.4) is 0 Å². The Labute approximate surface area is 247 Å². The summed E-state index contributed by atoms with van der Waals surface area (Å²) in [5, 5.41) is 0. The molecule has 5 heteroatoms. The number of carbonyl (C=O) groups is 2. The van der Waals surface area contributed by atoms with Crippen LogP contribution in [0.5, 0.6) is 0 Å². The molecule has 1 fully saturated rings. The number of ketones is 2. The molecule has 3 rings (SSSR count). The highest BCUT2D eigenvalue weighted by Crippen LogP contribution is 2.66. The van der Waals surface area contributed by atoms with Crippen LogP contribution in [-0.4, -0.2) is 50.2 Å². The van der Waals surface area contributed by atoms with Crippen molar-refractivity contribution < 1.29 is 9.59 Å². The molecule has 2 spiro atoms. The number of allylic oxidation sites excluding steroid dienone is 4. The van der Waals surface area contributed by atoms with E-state index in [9.17, 15) is 9.59 Å². The maximum atomic E-state index is 14.0. The van der Waals surface area contributed by atoms with Crippen LogP contribution < -0.4 is 0 Å². The Kier molecular flexibility index (Phi) is 8.62. The molecule has 1 aliphatic heterocycles. The highest BCUT2D eigenvalue weighted by molar-refractivity contribution is 8.22. The Hall–Kier alpha value is -1.04. The summed E-state index contributed by atoms with van der Waals surface area (Å²) in [6.45, 7) is 33.3. The molecule has 0 N–H and O–H groups in total. The molecule has 1 heterocycles. The summed E-state index contributed by atoms with van der Waals surface area (Å²) in [6, 6.07) is 0. The molecule has 0 amide bonds. The molecular formula is C34H53NO2S2. The van der Waals surface area contributed by atoms with Crippen molar-refractivity contribution >= 4 is 35.1 Å². The van der Waals surface area contributed by atoms with E-state index in [0.717, 1.165) is 41.9 Å². The predicted molar refractivity (Wildman–Crippen MR) is 172 cm³/mol. The minimum atomic E-state index is -0.484. The van der Waals surface area contributed by atoms with Crippen LogP contribution >= 0.6 is 23.5 Å². The number of Topliss-reactive ketones (excluding diaryl/α,β-unsaturated/α-hetero) is 2. The van der Waals surface area contributed by atoms with E-state index >= 15 is 0 Å². The van der Waals surface area contributed by atoms with Crippen LogP contribution in [0, 0.1) is 21.7 Å². The molecule has 0 aromatic rings. The second-order valence-electron chi connectivity index (χ2n) is 15.6. The van der Waals surface area contributed by atoms with E-state index in [2.05, 4.69) is 126 Å². The minimum absolute atomic E-state index is 0.167. The molecule has 2 aliphatic carbocycles. The third-order valence-electron chi connectivity index (χ3n) is 8.21. The van der Waals surface area contributed by atoms with E-state index in [1.807, 2.05) is 23.5 Å². The third kappa shape index (κ3) is 6.11. The molecule has 0 unspecified atom stereocenters. The van der Waals surface area contributed by atoms with Crippen molar-refractivity contribution in [3.8, 4) is 0 Å². The molecule has 3 nitrogen and oxygen atoms in total. The lowest BCUT2D eigenvalue weighted by atomic mass is 9.65. The Morgan fingerprint density at radius 1 is 0.590 bits per heavy atom. The van der Waals surface area contributed by atoms with Crippen LogP contribution in [-0.2, 0) is 9.59 Å². The van der Waals surface area contributed by atoms with Crippen LogP contribution in [0.25, 0.3) is 0 Å². The first-order chi connectivity index (χ1) is 17.5. The first-order valence-corrected chi connectivity index (χ1v) is 16.4. The van der Waals surface area contributed by atoms with Crippen molar-refractivity contribution in [3.63, 3.8) is 0 Å². The molecule has 3 aliphatic rings. The molecule has 0 saturated carbocycles. The number of rotatable bonds is 4. The van der Waals surface area contributed by atoms with Gasteiger partial charge in [0.05, 0.1) is 14.1 Å². The van der Waals surface area contributed by atoms with E-state index in [1.54, 1.807) is 0 Å². The molecule has 0 bridgehead atoms. The minimum Gasteiger partial charge on any atom is -0.302 e. The average molecular weight is 572 g/mol. The van der Waals surface area contributed by atoms with E-state index in [-0.39, 0.29) is 37.8 Å². The SMILES string of the molecule is CCN(CC)CC1SC2(C=C(C(C)(C)C)C(=O)C(C(C)(C)C)=C2)C2(C=C(C(C)(C)C)C(=O)C(C(C)(C)C)=C2)S1. The van der Waals surface area contributed by atoms with Crippen molar-refractivity contribution in [2.45, 2.75) is 111 Å². The average Bonchev–Trinajstić information content (AvgIpc) is 3.03. The summed E-state index contributed by atoms with van der Waals surface area (Å²) in [7, 11) is 0. The van der Waals surface area contributed by atoms with Crippen LogP contribution in [0.4, 0.5) is 0 Å². The fraction of sp³-hybridized carbons (Fsp3) is 0.706. The van der Waals surface area contributed by atoms with Gasteiger partial charge in [0, 0.05) is 28.8 Å². The van der Waals surface area contributed by atoms with Crippen LogP contribution in [0.15, 0.2) is 46.6 Å². The number of hydrogen-bond acceptors (Lipinski definition) is 5. The van der Waals surface area contributed by atoms with Gasteiger partial charge in [-0.15, -0.1) is 23.5 Å². The molecule has 0 aromatic carbocycles. The van der Waals surface area contributed by atoms with Crippen LogP contribution in [0.1, 0.15) is 96.9 Å². The Morgan fingerprint density at radius 3 is 1.05 bits per heavy atom. The fourth-order valence-electron chi connectivity index (χ4n) is 5.72. The zero-order valence-electron chi connectivity index (χ0n) is 27.1. The number of carbonyl (C=O) groups excluding carboxylic acids is 2. The highest BCUT2D eigenvalue weighted by atomic mass is 32.2. The lowest BCUT2D eigenvalue weighted by Crippen LogP contribution is -2.48. The molecule has 0 radical (unpaired) electrons. The van der Waals surface area contributed by atoms with Gasteiger partial charge in [0.1, 0.15) is 0 Å². The van der Waals surface area contributed by atoms with Gasteiger partial charge in [0.2, 0.25) is 0 Å². The molecular weight excluding hydrogens is 519 g/mol. The topological polar surface area (TPSA) is 37.4 Å². The summed E-state index contributed by atoms with van der Waals surface area (Å²) in [4.78, 5) is 30.6. The highest BCUT2D eigenvalue weighted by Gasteiger charge is 2.60. The van der Waals surface area contributed by atoms with Gasteiger partial charge >= 0.3 is 0 Å². The molecule has 0 atom stereocenters. The number of hydrogen-bond donors (Lipinski definition) is 0. The summed E-state index contributed by atoms with van der Waals surface area (Å²) < 4.78 is -0.679. The lowest BCUT2D eigenvalue weighted by Gasteiger charge is -2.46. The van der Waals surface area contributed by atoms with Crippen molar-refractivity contribution in [1.82, 2.24) is 4.90 Å². The zero-order valence-corrected chi connectivity index (χ0v) is 28.7. The van der Waals surface area contributed by atoms with Gasteiger partial charge in [-0.3, -0.25) is 9.59 Å². The summed E-state index contributed by atoms with van der Waals surface area (Å²) in [6.07, 6.45) is 9.20. The van der Waals surface area contributed by atoms with E-state index in [1.165, 1.54) is 0 Å². The molecule has 218 valence electrons. The zero-order chi connectivity index (χ0) is 30.0. The second-order valence-corrected chi connectivity index (χ2v) is 18.9. The molecule has 0 aromatic heterocycles. The van der Waals surface area contributed by atoms with Crippen molar-refractivity contribution in [2.75, 3.05) is 19.6 Å². The van der Waals surface area contributed by atoms with Gasteiger partial charge in [-0.2, -0.15) is 0 Å². The summed E-state index contributed by atoms with van der Waals surface area (Å²) in [5.41, 5.74) is 2.37. The number of thioether (sulfide) groups is 2. The summed E-state index contributed by atoms with van der Waals surface area (Å²) >= 11 is 3.97. The quantitative estimate of drug-likeness (QED) is 0.337. The van der Waals surface area contributed by atoms with Gasteiger partial charge in [-0.1, -0.05) is 121 Å². The van der Waals surface area contributed by atoms with Crippen LogP contribution in [0.2, 0.25) is 0 Å². The Bertz CT molecular complexity index is 984. The van der Waals surface area contributed by atoms with Crippen molar-refractivity contribution in [3.05, 3.63) is 46.6 Å². The normalized spacial score (nSPS) is 22.4.